The van der Waals surface area contributed by atoms with Crippen molar-refractivity contribution in [2.45, 2.75) is 40.0 Å². The molecule has 0 aromatic carbocycles. The largest absolute Gasteiger partial charge is 0.481 e. The van der Waals surface area contributed by atoms with Crippen LogP contribution in [0, 0.1) is 11.3 Å². The van der Waals surface area contributed by atoms with Gasteiger partial charge in [-0.2, -0.15) is 0 Å². The highest BCUT2D eigenvalue weighted by molar-refractivity contribution is 5.90. The van der Waals surface area contributed by atoms with Crippen LogP contribution in [0.2, 0.25) is 0 Å². The number of carboxylic acid groups (broad SMARTS) is 2. The molecule has 2 unspecified atom stereocenters. The predicted octanol–water partition coefficient (Wildman–Crippen LogP) is 2.38. The third-order valence-electron chi connectivity index (χ3n) is 4.64. The van der Waals surface area contributed by atoms with E-state index in [1.165, 1.54) is 70.7 Å². The lowest BCUT2D eigenvalue weighted by molar-refractivity contribution is -0.145. The quantitative estimate of drug-likeness (QED) is 0.680. The predicted molar refractivity (Wildman–Crippen MR) is 98.6 cm³/mol. The molecule has 142 valence electrons. The number of nitrogens with one attached hydrogen (secondary N) is 1. The van der Waals surface area contributed by atoms with E-state index in [2.05, 4.69) is 24.1 Å². The second-order valence-electron chi connectivity index (χ2n) is 7.20. The van der Waals surface area contributed by atoms with Gasteiger partial charge in [-0.1, -0.05) is 38.5 Å². The summed E-state index contributed by atoms with van der Waals surface area (Å²) in [7, 11) is 0. The van der Waals surface area contributed by atoms with Gasteiger partial charge in [0, 0.05) is 38.3 Å². The summed E-state index contributed by atoms with van der Waals surface area (Å²) in [6.45, 7) is 12.3. The molecule has 6 heteroatoms. The van der Waals surface area contributed by atoms with Crippen LogP contribution in [0.4, 0.5) is 0 Å². The van der Waals surface area contributed by atoms with Gasteiger partial charge in [-0.05, 0) is 25.7 Å². The average molecular weight is 352 g/mol. The summed E-state index contributed by atoms with van der Waals surface area (Å²) in [4.78, 5) is 23.9. The highest BCUT2D eigenvalue weighted by Gasteiger charge is 2.34. The van der Waals surface area contributed by atoms with Crippen molar-refractivity contribution in [3.63, 3.8) is 0 Å². The van der Waals surface area contributed by atoms with E-state index in [9.17, 15) is 9.59 Å². The number of carboxylic acids is 2. The SMILES string of the molecule is CC1(C(=O)O)C=CC=C(C(=O)O)C1.CCCC(C)CN1CCNCC1. The fraction of sp³-hybridized carbons (Fsp3) is 0.684. The Morgan fingerprint density at radius 1 is 1.32 bits per heavy atom. The number of hydrogen-bond donors (Lipinski definition) is 3. The van der Waals surface area contributed by atoms with Crippen molar-refractivity contribution >= 4 is 11.9 Å². The summed E-state index contributed by atoms with van der Waals surface area (Å²) in [6.07, 6.45) is 7.14. The van der Waals surface area contributed by atoms with Crippen LogP contribution in [0.25, 0.3) is 0 Å². The molecule has 25 heavy (non-hydrogen) atoms. The van der Waals surface area contributed by atoms with Crippen LogP contribution >= 0.6 is 0 Å². The molecule has 0 aromatic rings. The molecule has 0 radical (unpaired) electrons. The molecular weight excluding hydrogens is 320 g/mol. The fourth-order valence-corrected chi connectivity index (χ4v) is 3.10. The van der Waals surface area contributed by atoms with Crippen molar-refractivity contribution in [3.05, 3.63) is 23.8 Å². The highest BCUT2D eigenvalue weighted by Crippen LogP contribution is 2.31. The third-order valence-corrected chi connectivity index (χ3v) is 4.64. The van der Waals surface area contributed by atoms with Crippen molar-refractivity contribution in [1.29, 1.82) is 0 Å². The van der Waals surface area contributed by atoms with E-state index < -0.39 is 17.4 Å². The molecule has 0 amide bonds. The number of hydrogen-bond acceptors (Lipinski definition) is 4. The topological polar surface area (TPSA) is 89.9 Å². The van der Waals surface area contributed by atoms with Crippen molar-refractivity contribution < 1.29 is 19.8 Å². The molecule has 0 bridgehead atoms. The van der Waals surface area contributed by atoms with Crippen molar-refractivity contribution in [3.8, 4) is 0 Å². The molecule has 2 aliphatic rings. The monoisotopic (exact) mass is 352 g/mol. The van der Waals surface area contributed by atoms with Gasteiger partial charge >= 0.3 is 11.9 Å². The zero-order valence-electron chi connectivity index (χ0n) is 15.6. The first-order valence-corrected chi connectivity index (χ1v) is 9.06. The first-order chi connectivity index (χ1) is 11.8. The molecule has 1 aliphatic heterocycles. The van der Waals surface area contributed by atoms with E-state index in [1.807, 2.05) is 0 Å². The minimum absolute atomic E-state index is 0.0359. The lowest BCUT2D eigenvalue weighted by atomic mass is 9.80. The van der Waals surface area contributed by atoms with Gasteiger partial charge in [0.05, 0.1) is 5.41 Å². The molecule has 0 spiro atoms. The fourth-order valence-electron chi connectivity index (χ4n) is 3.10. The van der Waals surface area contributed by atoms with Crippen LogP contribution in [-0.4, -0.2) is 59.8 Å². The molecule has 1 fully saturated rings. The minimum Gasteiger partial charge on any atom is -0.481 e. The van der Waals surface area contributed by atoms with Gasteiger partial charge in [0.25, 0.3) is 0 Å². The summed E-state index contributed by atoms with van der Waals surface area (Å²) < 4.78 is 0. The molecule has 2 rings (SSSR count). The Morgan fingerprint density at radius 3 is 2.48 bits per heavy atom. The van der Waals surface area contributed by atoms with Crippen molar-refractivity contribution in [2.75, 3.05) is 32.7 Å². The molecule has 1 saturated heterocycles. The Labute approximate surface area is 150 Å². The smallest absolute Gasteiger partial charge is 0.331 e. The molecule has 1 aliphatic carbocycles. The third kappa shape index (κ3) is 7.40. The number of piperazine rings is 1. The van der Waals surface area contributed by atoms with Gasteiger partial charge in [-0.25, -0.2) is 4.79 Å². The Bertz CT molecular complexity index is 510. The summed E-state index contributed by atoms with van der Waals surface area (Å²) in [6, 6.07) is 0. The molecule has 1 heterocycles. The average Bonchev–Trinajstić information content (AvgIpc) is 2.56. The van der Waals surface area contributed by atoms with E-state index in [0.29, 0.717) is 0 Å². The van der Waals surface area contributed by atoms with Gasteiger partial charge in [0.1, 0.15) is 0 Å². The van der Waals surface area contributed by atoms with Crippen LogP contribution in [0.1, 0.15) is 40.0 Å². The molecule has 2 atom stereocenters. The van der Waals surface area contributed by atoms with Gasteiger partial charge < -0.3 is 20.4 Å². The minimum atomic E-state index is -1.08. The first kappa shape index (κ1) is 21.4. The molecule has 0 saturated carbocycles. The Kier molecular flexibility index (Phi) is 8.86. The first-order valence-electron chi connectivity index (χ1n) is 9.06. The Morgan fingerprint density at radius 2 is 1.96 bits per heavy atom. The number of carbonyl (C=O) groups is 2. The molecular formula is C19H32N2O4. The van der Waals surface area contributed by atoms with Gasteiger partial charge in [0.2, 0.25) is 0 Å². The molecule has 3 N–H and O–H groups in total. The van der Waals surface area contributed by atoms with Crippen LogP contribution in [-0.2, 0) is 9.59 Å². The number of nitrogens with zero attached hydrogens (tertiary/aromatic N) is 1. The van der Waals surface area contributed by atoms with Crippen molar-refractivity contribution in [1.82, 2.24) is 10.2 Å². The van der Waals surface area contributed by atoms with E-state index >= 15 is 0 Å². The van der Waals surface area contributed by atoms with Crippen LogP contribution < -0.4 is 5.32 Å². The van der Waals surface area contributed by atoms with E-state index in [1.54, 1.807) is 0 Å². The standard InChI is InChI=1S/C10H22N2.C9H10O4/c1-3-4-10(2)9-12-7-5-11-6-8-12;1-9(8(12)13)4-2-3-6(5-9)7(10)11/h10-11H,3-9H2,1-2H3;2-4H,5H2,1H3,(H,10,11)(H,12,13). The molecule has 0 aromatic heterocycles. The van der Waals surface area contributed by atoms with E-state index in [-0.39, 0.29) is 12.0 Å². The van der Waals surface area contributed by atoms with Gasteiger partial charge in [0.15, 0.2) is 0 Å². The molecule has 6 nitrogen and oxygen atoms in total. The lowest BCUT2D eigenvalue weighted by Crippen LogP contribution is -2.45. The second kappa shape index (κ2) is 10.4. The summed E-state index contributed by atoms with van der Waals surface area (Å²) >= 11 is 0. The summed E-state index contributed by atoms with van der Waals surface area (Å²) in [5, 5.41) is 20.9. The normalized spacial score (nSPS) is 24.7. The Balaban J connectivity index is 0.000000251. The number of allylic oxidation sites excluding steroid dienone is 2. The van der Waals surface area contributed by atoms with Crippen LogP contribution in [0.15, 0.2) is 23.8 Å². The maximum absolute atomic E-state index is 10.8. The van der Waals surface area contributed by atoms with Gasteiger partial charge in [-0.3, -0.25) is 4.79 Å². The maximum atomic E-state index is 10.8. The number of rotatable bonds is 6. The highest BCUT2D eigenvalue weighted by atomic mass is 16.4. The number of aliphatic carboxylic acids is 2. The van der Waals surface area contributed by atoms with Crippen molar-refractivity contribution in [2.24, 2.45) is 11.3 Å². The lowest BCUT2D eigenvalue weighted by Gasteiger charge is -2.29. The van der Waals surface area contributed by atoms with E-state index in [4.69, 9.17) is 10.2 Å². The summed E-state index contributed by atoms with van der Waals surface area (Å²) in [5.74, 6) is -1.18. The van der Waals surface area contributed by atoms with Gasteiger partial charge in [-0.15, -0.1) is 0 Å². The maximum Gasteiger partial charge on any atom is 0.331 e. The zero-order valence-corrected chi connectivity index (χ0v) is 15.6. The Hall–Kier alpha value is -1.66. The van der Waals surface area contributed by atoms with Crippen LogP contribution in [0.5, 0.6) is 0 Å². The summed E-state index contributed by atoms with van der Waals surface area (Å²) in [5.41, 5.74) is -0.949. The second-order valence-corrected chi connectivity index (χ2v) is 7.20. The van der Waals surface area contributed by atoms with E-state index in [0.717, 1.165) is 5.92 Å². The van der Waals surface area contributed by atoms with Crippen LogP contribution in [0.3, 0.4) is 0 Å². The zero-order chi connectivity index (χ0) is 18.9.